The molecule has 35 heavy (non-hydrogen) atoms. The van der Waals surface area contributed by atoms with Gasteiger partial charge in [-0.25, -0.2) is 18.1 Å². The summed E-state index contributed by atoms with van der Waals surface area (Å²) in [6.45, 7) is 1.12. The van der Waals surface area contributed by atoms with Gasteiger partial charge in [0, 0.05) is 37.6 Å². The van der Waals surface area contributed by atoms with Gasteiger partial charge in [0.2, 0.25) is 16.0 Å². The SMILES string of the molecule is CN(C)c1nc(NCC2CCC(CNS(=O)(=O)c3c(Cl)cc(Cl)cc3Cl)CC2)nc2ccccc12. The predicted octanol–water partition coefficient (Wildman–Crippen LogP) is 5.85. The fourth-order valence-corrected chi connectivity index (χ4v) is 7.10. The lowest BCUT2D eigenvalue weighted by Crippen LogP contribution is -2.32. The zero-order valence-electron chi connectivity index (χ0n) is 19.6. The van der Waals surface area contributed by atoms with Gasteiger partial charge < -0.3 is 10.2 Å². The summed E-state index contributed by atoms with van der Waals surface area (Å²) in [6, 6.07) is 10.7. The van der Waals surface area contributed by atoms with E-state index in [2.05, 4.69) is 15.0 Å². The average molecular weight is 557 g/mol. The monoisotopic (exact) mass is 555 g/mol. The molecular weight excluding hydrogens is 529 g/mol. The number of hydrogen-bond acceptors (Lipinski definition) is 6. The van der Waals surface area contributed by atoms with Crippen molar-refractivity contribution in [2.24, 2.45) is 11.8 Å². The first-order valence-corrected chi connectivity index (χ1v) is 14.1. The Labute approximate surface area is 221 Å². The zero-order chi connectivity index (χ0) is 25.2. The van der Waals surface area contributed by atoms with Gasteiger partial charge in [-0.15, -0.1) is 0 Å². The maximum absolute atomic E-state index is 12.8. The molecule has 2 N–H and O–H groups in total. The van der Waals surface area contributed by atoms with E-state index in [0.717, 1.165) is 48.9 Å². The van der Waals surface area contributed by atoms with Crippen molar-refractivity contribution in [3.63, 3.8) is 0 Å². The molecule has 0 aliphatic heterocycles. The number of sulfonamides is 1. The van der Waals surface area contributed by atoms with Gasteiger partial charge in [-0.1, -0.05) is 46.9 Å². The van der Waals surface area contributed by atoms with Crippen LogP contribution < -0.4 is 14.9 Å². The second-order valence-corrected chi connectivity index (χ2v) is 12.1. The molecule has 0 atom stereocenters. The first-order valence-electron chi connectivity index (χ1n) is 11.5. The Balaban J connectivity index is 1.31. The normalized spacial score (nSPS) is 18.5. The molecule has 7 nitrogen and oxygen atoms in total. The summed E-state index contributed by atoms with van der Waals surface area (Å²) >= 11 is 18.1. The van der Waals surface area contributed by atoms with E-state index in [1.54, 1.807) is 0 Å². The number of rotatable bonds is 8. The van der Waals surface area contributed by atoms with Crippen LogP contribution in [0.1, 0.15) is 25.7 Å². The summed E-state index contributed by atoms with van der Waals surface area (Å²) in [4.78, 5) is 11.2. The Bertz CT molecular complexity index is 1290. The molecule has 1 aromatic heterocycles. The number of aromatic nitrogens is 2. The van der Waals surface area contributed by atoms with E-state index in [9.17, 15) is 8.42 Å². The van der Waals surface area contributed by atoms with E-state index in [4.69, 9.17) is 39.8 Å². The number of fused-ring (bicyclic) bond motifs is 1. The number of para-hydroxylation sites is 1. The van der Waals surface area contributed by atoms with Crippen molar-refractivity contribution in [3.8, 4) is 0 Å². The minimum atomic E-state index is -3.83. The highest BCUT2D eigenvalue weighted by atomic mass is 35.5. The highest BCUT2D eigenvalue weighted by Gasteiger charge is 2.26. The maximum atomic E-state index is 12.8. The smallest absolute Gasteiger partial charge is 0.243 e. The van der Waals surface area contributed by atoms with Crippen molar-refractivity contribution in [1.82, 2.24) is 14.7 Å². The minimum absolute atomic E-state index is 0.0121. The Hall–Kier alpha value is -1.84. The predicted molar refractivity (Wildman–Crippen MR) is 144 cm³/mol. The molecular formula is C24H28Cl3N5O2S. The number of anilines is 2. The lowest BCUT2D eigenvalue weighted by Gasteiger charge is -2.29. The molecule has 1 fully saturated rings. The van der Waals surface area contributed by atoms with Gasteiger partial charge in [-0.3, -0.25) is 0 Å². The summed E-state index contributed by atoms with van der Waals surface area (Å²) in [7, 11) is 0.118. The van der Waals surface area contributed by atoms with Crippen LogP contribution in [0.5, 0.6) is 0 Å². The number of hydrogen-bond donors (Lipinski definition) is 2. The molecule has 1 aliphatic carbocycles. The third-order valence-electron chi connectivity index (χ3n) is 6.32. The molecule has 1 heterocycles. The Morgan fingerprint density at radius 1 is 0.943 bits per heavy atom. The van der Waals surface area contributed by atoms with Crippen molar-refractivity contribution >= 4 is 67.5 Å². The van der Waals surface area contributed by atoms with Crippen LogP contribution in [0, 0.1) is 11.8 Å². The molecule has 0 saturated heterocycles. The van der Waals surface area contributed by atoms with Crippen molar-refractivity contribution < 1.29 is 8.42 Å². The lowest BCUT2D eigenvalue weighted by molar-refractivity contribution is 0.284. The van der Waals surface area contributed by atoms with Gasteiger partial charge in [-0.05, 0) is 61.8 Å². The Kier molecular flexibility index (Phi) is 8.28. The van der Waals surface area contributed by atoms with E-state index in [0.29, 0.717) is 18.4 Å². The van der Waals surface area contributed by atoms with Crippen molar-refractivity contribution in [1.29, 1.82) is 0 Å². The zero-order valence-corrected chi connectivity index (χ0v) is 22.6. The van der Waals surface area contributed by atoms with Gasteiger partial charge in [0.25, 0.3) is 0 Å². The van der Waals surface area contributed by atoms with Gasteiger partial charge in [0.1, 0.15) is 10.7 Å². The van der Waals surface area contributed by atoms with Crippen molar-refractivity contribution in [3.05, 3.63) is 51.5 Å². The molecule has 0 spiro atoms. The molecule has 1 saturated carbocycles. The van der Waals surface area contributed by atoms with Crippen LogP contribution in [-0.4, -0.2) is 45.6 Å². The molecule has 1 aliphatic rings. The topological polar surface area (TPSA) is 87.2 Å². The van der Waals surface area contributed by atoms with Crippen LogP contribution in [0.4, 0.5) is 11.8 Å². The quantitative estimate of drug-likeness (QED) is 0.362. The van der Waals surface area contributed by atoms with E-state index in [-0.39, 0.29) is 25.9 Å². The summed E-state index contributed by atoms with van der Waals surface area (Å²) < 4.78 is 28.2. The molecule has 0 unspecified atom stereocenters. The molecule has 2 aromatic carbocycles. The highest BCUT2D eigenvalue weighted by Crippen LogP contribution is 2.34. The molecule has 4 rings (SSSR count). The first kappa shape index (κ1) is 26.2. The molecule has 188 valence electrons. The molecule has 0 radical (unpaired) electrons. The minimum Gasteiger partial charge on any atom is -0.362 e. The standard InChI is InChI=1S/C24H28Cl3N5O2S/c1-32(2)23-18-5-3-4-6-21(18)30-24(31-23)28-13-15-7-9-16(10-8-15)14-29-35(33,34)22-19(26)11-17(25)12-20(22)27/h3-6,11-12,15-16,29H,7-10,13-14H2,1-2H3,(H,28,30,31). The van der Waals surface area contributed by atoms with Gasteiger partial charge in [-0.2, -0.15) is 4.98 Å². The van der Waals surface area contributed by atoms with Crippen LogP contribution in [0.2, 0.25) is 15.1 Å². The summed E-state index contributed by atoms with van der Waals surface area (Å²) in [5, 5.41) is 4.75. The van der Waals surface area contributed by atoms with Gasteiger partial charge in [0.05, 0.1) is 15.6 Å². The number of benzene rings is 2. The van der Waals surface area contributed by atoms with Crippen molar-refractivity contribution in [2.45, 2.75) is 30.6 Å². The highest BCUT2D eigenvalue weighted by molar-refractivity contribution is 7.89. The largest absolute Gasteiger partial charge is 0.362 e. The lowest BCUT2D eigenvalue weighted by atomic mass is 9.82. The van der Waals surface area contributed by atoms with Crippen LogP contribution >= 0.6 is 34.8 Å². The van der Waals surface area contributed by atoms with Gasteiger partial charge >= 0.3 is 0 Å². The number of halogens is 3. The fourth-order valence-electron chi connectivity index (χ4n) is 4.44. The third-order valence-corrected chi connectivity index (χ3v) is 8.88. The molecule has 3 aromatic rings. The van der Waals surface area contributed by atoms with Crippen molar-refractivity contribution in [2.75, 3.05) is 37.4 Å². The number of nitrogens with one attached hydrogen (secondary N) is 2. The summed E-state index contributed by atoms with van der Waals surface area (Å²) in [5.74, 6) is 2.23. The van der Waals surface area contributed by atoms with E-state index < -0.39 is 10.0 Å². The summed E-state index contributed by atoms with van der Waals surface area (Å²) in [5.41, 5.74) is 0.908. The third kappa shape index (κ3) is 6.30. The maximum Gasteiger partial charge on any atom is 0.243 e. The molecule has 0 amide bonds. The molecule has 0 bridgehead atoms. The Morgan fingerprint density at radius 3 is 2.17 bits per heavy atom. The van der Waals surface area contributed by atoms with Crippen LogP contribution in [0.15, 0.2) is 41.3 Å². The van der Waals surface area contributed by atoms with Gasteiger partial charge in [0.15, 0.2) is 0 Å². The first-order chi connectivity index (χ1) is 16.6. The van der Waals surface area contributed by atoms with Crippen LogP contribution in [-0.2, 0) is 10.0 Å². The Morgan fingerprint density at radius 2 is 1.54 bits per heavy atom. The fraction of sp³-hybridized carbons (Fsp3) is 0.417. The van der Waals surface area contributed by atoms with Crippen LogP contribution in [0.3, 0.4) is 0 Å². The average Bonchev–Trinajstić information content (AvgIpc) is 2.80. The van der Waals surface area contributed by atoms with Crippen LogP contribution in [0.25, 0.3) is 10.9 Å². The van der Waals surface area contributed by atoms with E-state index >= 15 is 0 Å². The second-order valence-electron chi connectivity index (χ2n) is 9.10. The number of nitrogens with zero attached hydrogens (tertiary/aromatic N) is 3. The van der Waals surface area contributed by atoms with E-state index in [1.165, 1.54) is 12.1 Å². The second kappa shape index (κ2) is 11.0. The molecule has 11 heteroatoms. The summed E-state index contributed by atoms with van der Waals surface area (Å²) in [6.07, 6.45) is 3.85. The van der Waals surface area contributed by atoms with E-state index in [1.807, 2.05) is 43.3 Å².